The van der Waals surface area contributed by atoms with Crippen molar-refractivity contribution in [3.05, 3.63) is 39.6 Å². The molecule has 9 nitrogen and oxygen atoms in total. The number of amides is 1. The summed E-state index contributed by atoms with van der Waals surface area (Å²) in [6.45, 7) is 4.91. The molecule has 0 unspecified atom stereocenters. The first-order valence-corrected chi connectivity index (χ1v) is 6.81. The Morgan fingerprint density at radius 2 is 1.96 bits per heavy atom. The summed E-state index contributed by atoms with van der Waals surface area (Å²) in [5.74, 6) is -1.42. The number of carbonyl (C=O) groups is 2. The van der Waals surface area contributed by atoms with Crippen molar-refractivity contribution in [1.29, 1.82) is 0 Å². The van der Waals surface area contributed by atoms with E-state index in [4.69, 9.17) is 9.47 Å². The lowest BCUT2D eigenvalue weighted by Crippen LogP contribution is -2.34. The number of nitrogens with zero attached hydrogens (tertiary/aromatic N) is 1. The fraction of sp³-hybridized carbons (Fsp3) is 0.333. The van der Waals surface area contributed by atoms with Gasteiger partial charge >= 0.3 is 17.7 Å². The lowest BCUT2D eigenvalue weighted by molar-refractivity contribution is -0.385. The molecule has 0 aliphatic rings. The third-order valence-electron chi connectivity index (χ3n) is 2.58. The molecule has 0 spiro atoms. The molecule has 0 heterocycles. The first-order chi connectivity index (χ1) is 11.0. The minimum atomic E-state index is -1.39. The fourth-order valence-corrected chi connectivity index (χ4v) is 1.67. The van der Waals surface area contributed by atoms with Crippen LogP contribution in [0.5, 0.6) is 5.75 Å². The quantitative estimate of drug-likeness (QED) is 0.479. The number of hydrogen-bond donors (Lipinski definition) is 2. The molecule has 24 heavy (non-hydrogen) atoms. The zero-order valence-corrected chi connectivity index (χ0v) is 13.7. The Labute approximate surface area is 138 Å². The van der Waals surface area contributed by atoms with E-state index in [1.165, 1.54) is 25.3 Å². The Balaban J connectivity index is 3.11. The van der Waals surface area contributed by atoms with Gasteiger partial charge in [0.1, 0.15) is 11.3 Å². The van der Waals surface area contributed by atoms with Gasteiger partial charge in [0.15, 0.2) is 5.75 Å². The van der Waals surface area contributed by atoms with Crippen LogP contribution in [-0.4, -0.2) is 34.8 Å². The molecule has 1 aromatic rings. The number of nitro groups is 1. The maximum Gasteiger partial charge on any atom is 0.412 e. The summed E-state index contributed by atoms with van der Waals surface area (Å²) in [6, 6.07) is 3.80. The lowest BCUT2D eigenvalue weighted by atomic mass is 10.1. The van der Waals surface area contributed by atoms with Crippen molar-refractivity contribution in [3.63, 3.8) is 0 Å². The number of hydrogen-bond acceptors (Lipinski definition) is 6. The highest BCUT2D eigenvalue weighted by molar-refractivity contribution is 5.95. The van der Waals surface area contributed by atoms with Crippen LogP contribution >= 0.6 is 0 Å². The molecule has 1 amide bonds. The zero-order valence-electron chi connectivity index (χ0n) is 13.7. The van der Waals surface area contributed by atoms with Crippen LogP contribution in [0.2, 0.25) is 0 Å². The van der Waals surface area contributed by atoms with Crippen LogP contribution in [0.25, 0.3) is 6.08 Å². The lowest BCUT2D eigenvalue weighted by Gasteiger charge is -2.19. The van der Waals surface area contributed by atoms with Crippen LogP contribution in [0, 0.1) is 10.1 Å². The second-order valence-corrected chi connectivity index (χ2v) is 5.68. The van der Waals surface area contributed by atoms with Crippen LogP contribution in [0.3, 0.4) is 0 Å². The summed E-state index contributed by atoms with van der Waals surface area (Å²) in [6.07, 6.45) is 0.211. The SMILES string of the molecule is COc1cc(/C=C(\NC(=O)OC(C)(C)C)C(=O)O)ccc1[N+](=O)[O-]. The molecule has 0 aliphatic carbocycles. The van der Waals surface area contributed by atoms with Crippen molar-refractivity contribution in [2.24, 2.45) is 0 Å². The van der Waals surface area contributed by atoms with E-state index in [0.29, 0.717) is 5.56 Å². The van der Waals surface area contributed by atoms with Crippen LogP contribution in [-0.2, 0) is 9.53 Å². The molecule has 0 aromatic heterocycles. The number of carboxylic acid groups (broad SMARTS) is 1. The van der Waals surface area contributed by atoms with E-state index in [1.54, 1.807) is 20.8 Å². The van der Waals surface area contributed by atoms with Gasteiger partial charge in [-0.3, -0.25) is 15.4 Å². The monoisotopic (exact) mass is 338 g/mol. The number of rotatable bonds is 5. The van der Waals surface area contributed by atoms with Gasteiger partial charge in [-0.05, 0) is 44.5 Å². The van der Waals surface area contributed by atoms with Gasteiger partial charge in [-0.1, -0.05) is 0 Å². The smallest absolute Gasteiger partial charge is 0.412 e. The molecular formula is C15H18N2O7. The third-order valence-corrected chi connectivity index (χ3v) is 2.58. The average Bonchev–Trinajstić information content (AvgIpc) is 2.43. The van der Waals surface area contributed by atoms with E-state index >= 15 is 0 Å². The van der Waals surface area contributed by atoms with Gasteiger partial charge in [0, 0.05) is 6.07 Å². The largest absolute Gasteiger partial charge is 0.490 e. The molecule has 0 saturated heterocycles. The van der Waals surface area contributed by atoms with Gasteiger partial charge in [-0.15, -0.1) is 0 Å². The van der Waals surface area contributed by atoms with E-state index in [9.17, 15) is 24.8 Å². The number of carboxylic acids is 1. The Morgan fingerprint density at radius 3 is 2.42 bits per heavy atom. The molecule has 0 atom stereocenters. The van der Waals surface area contributed by atoms with Gasteiger partial charge < -0.3 is 14.6 Å². The standard InChI is InChI=1S/C15H18N2O7/c1-15(2,3)24-14(20)16-10(13(18)19)7-9-5-6-11(17(21)22)12(8-9)23-4/h5-8H,1-4H3,(H,16,20)(H,18,19)/b10-7-. The van der Waals surface area contributed by atoms with Gasteiger partial charge in [0.05, 0.1) is 12.0 Å². The molecule has 1 rings (SSSR count). The first-order valence-electron chi connectivity index (χ1n) is 6.81. The molecule has 0 radical (unpaired) electrons. The number of nitrogens with one attached hydrogen (secondary N) is 1. The minimum Gasteiger partial charge on any atom is -0.490 e. The van der Waals surface area contributed by atoms with E-state index in [1.807, 2.05) is 0 Å². The van der Waals surface area contributed by atoms with Crippen molar-refractivity contribution in [3.8, 4) is 5.75 Å². The van der Waals surface area contributed by atoms with Crippen molar-refractivity contribution >= 4 is 23.8 Å². The number of ether oxygens (including phenoxy) is 2. The molecule has 0 saturated carbocycles. The molecular weight excluding hydrogens is 320 g/mol. The molecule has 0 bridgehead atoms. The van der Waals surface area contributed by atoms with E-state index in [-0.39, 0.29) is 11.4 Å². The van der Waals surface area contributed by atoms with Gasteiger partial charge in [-0.2, -0.15) is 0 Å². The van der Waals surface area contributed by atoms with Gasteiger partial charge in [0.2, 0.25) is 0 Å². The summed E-state index contributed by atoms with van der Waals surface area (Å²) < 4.78 is 9.89. The number of alkyl carbamates (subject to hydrolysis) is 1. The molecule has 0 fully saturated rings. The van der Waals surface area contributed by atoms with Gasteiger partial charge in [0.25, 0.3) is 0 Å². The highest BCUT2D eigenvalue weighted by Crippen LogP contribution is 2.28. The normalized spacial score (nSPS) is 11.6. The molecule has 0 aliphatic heterocycles. The van der Waals surface area contributed by atoms with Crippen molar-refractivity contribution in [2.75, 3.05) is 7.11 Å². The second-order valence-electron chi connectivity index (χ2n) is 5.68. The van der Waals surface area contributed by atoms with Crippen molar-refractivity contribution < 1.29 is 29.1 Å². The summed E-state index contributed by atoms with van der Waals surface area (Å²) in [5, 5.41) is 22.1. The Hall–Kier alpha value is -3.10. The van der Waals surface area contributed by atoms with Crippen molar-refractivity contribution in [1.82, 2.24) is 5.32 Å². The molecule has 1 aromatic carbocycles. The average molecular weight is 338 g/mol. The maximum absolute atomic E-state index is 11.7. The van der Waals surface area contributed by atoms with Gasteiger partial charge in [-0.25, -0.2) is 9.59 Å². The third kappa shape index (κ3) is 5.59. The highest BCUT2D eigenvalue weighted by Gasteiger charge is 2.20. The Bertz CT molecular complexity index is 690. The second kappa shape index (κ2) is 7.44. The molecule has 2 N–H and O–H groups in total. The van der Waals surface area contributed by atoms with Crippen LogP contribution in [0.1, 0.15) is 26.3 Å². The number of nitro benzene ring substituents is 1. The summed E-state index contributed by atoms with van der Waals surface area (Å²) in [7, 11) is 1.26. The Morgan fingerprint density at radius 1 is 1.33 bits per heavy atom. The summed E-state index contributed by atoms with van der Waals surface area (Å²) in [4.78, 5) is 33.2. The number of methoxy groups -OCH3 is 1. The minimum absolute atomic E-state index is 0.0317. The zero-order chi connectivity index (χ0) is 18.5. The summed E-state index contributed by atoms with van der Waals surface area (Å²) in [5.41, 5.74) is -1.19. The molecule has 9 heteroatoms. The Kier molecular flexibility index (Phi) is 5.88. The topological polar surface area (TPSA) is 128 Å². The molecule has 130 valence electrons. The number of carbonyl (C=O) groups excluding carboxylic acids is 1. The highest BCUT2D eigenvalue weighted by atomic mass is 16.6. The van der Waals surface area contributed by atoms with E-state index < -0.39 is 28.3 Å². The number of aliphatic carboxylic acids is 1. The van der Waals surface area contributed by atoms with Crippen molar-refractivity contribution in [2.45, 2.75) is 26.4 Å². The van der Waals surface area contributed by atoms with Crippen LogP contribution in [0.15, 0.2) is 23.9 Å². The number of benzene rings is 1. The van der Waals surface area contributed by atoms with E-state index in [0.717, 1.165) is 6.08 Å². The van der Waals surface area contributed by atoms with Crippen LogP contribution < -0.4 is 10.1 Å². The summed E-state index contributed by atoms with van der Waals surface area (Å²) >= 11 is 0. The predicted molar refractivity (Wildman–Crippen MR) is 84.6 cm³/mol. The first kappa shape index (κ1) is 18.9. The van der Waals surface area contributed by atoms with Crippen LogP contribution in [0.4, 0.5) is 10.5 Å². The predicted octanol–water partition coefficient (Wildman–Crippen LogP) is 2.55. The fourth-order valence-electron chi connectivity index (χ4n) is 1.67. The van der Waals surface area contributed by atoms with E-state index in [2.05, 4.69) is 5.32 Å². The maximum atomic E-state index is 11.7.